The second kappa shape index (κ2) is 8.29. The number of carbonyl (C=O) groups excluding carboxylic acids is 1. The van der Waals surface area contributed by atoms with Gasteiger partial charge in [0.15, 0.2) is 5.65 Å². The lowest BCUT2D eigenvalue weighted by Crippen LogP contribution is -2.29. The van der Waals surface area contributed by atoms with Gasteiger partial charge in [-0.2, -0.15) is 0 Å². The van der Waals surface area contributed by atoms with Crippen LogP contribution in [-0.4, -0.2) is 32.0 Å². The lowest BCUT2D eigenvalue weighted by Gasteiger charge is -2.20. The van der Waals surface area contributed by atoms with E-state index in [-0.39, 0.29) is 5.91 Å². The van der Waals surface area contributed by atoms with Crippen LogP contribution in [0.15, 0.2) is 42.9 Å². The first-order chi connectivity index (χ1) is 13.3. The van der Waals surface area contributed by atoms with E-state index in [1.807, 2.05) is 24.3 Å². The first-order valence-electron chi connectivity index (χ1n) is 9.79. The number of nitrogens with zero attached hydrogens (tertiary/aromatic N) is 4. The van der Waals surface area contributed by atoms with Crippen LogP contribution >= 0.6 is 0 Å². The molecular weight excluding hydrogens is 338 g/mol. The maximum atomic E-state index is 12.3. The molecule has 0 bridgehead atoms. The number of amides is 1. The monoisotopic (exact) mass is 363 g/mol. The quantitative estimate of drug-likeness (QED) is 0.726. The van der Waals surface area contributed by atoms with Gasteiger partial charge in [-0.05, 0) is 43.0 Å². The van der Waals surface area contributed by atoms with Gasteiger partial charge in [0, 0.05) is 43.7 Å². The lowest BCUT2D eigenvalue weighted by atomic mass is 9.87. The number of fused-ring (bicyclic) bond motifs is 1. The number of hydrogen-bond donors (Lipinski definition) is 1. The molecule has 3 aromatic rings. The zero-order valence-electron chi connectivity index (χ0n) is 15.5. The van der Waals surface area contributed by atoms with Gasteiger partial charge in [0.2, 0.25) is 5.91 Å². The van der Waals surface area contributed by atoms with Crippen molar-refractivity contribution < 1.29 is 4.79 Å². The van der Waals surface area contributed by atoms with Crippen molar-refractivity contribution in [1.82, 2.24) is 24.8 Å². The lowest BCUT2D eigenvalue weighted by molar-refractivity contribution is -0.122. The molecule has 1 aliphatic rings. The number of hydrogen-bond acceptors (Lipinski definition) is 4. The third kappa shape index (κ3) is 4.15. The summed E-state index contributed by atoms with van der Waals surface area (Å²) in [5, 5.41) is 3.08. The molecule has 0 atom stereocenters. The molecule has 0 unspecified atom stereocenters. The predicted octanol–water partition coefficient (Wildman–Crippen LogP) is 3.58. The van der Waals surface area contributed by atoms with Gasteiger partial charge in [0.25, 0.3) is 0 Å². The van der Waals surface area contributed by atoms with E-state index >= 15 is 0 Å². The molecule has 140 valence electrons. The number of nitrogens with one attached hydrogen (secondary N) is 1. The molecule has 1 amide bonds. The minimum Gasteiger partial charge on any atom is -0.354 e. The second-order valence-corrected chi connectivity index (χ2v) is 7.23. The molecule has 0 aliphatic heterocycles. The molecule has 27 heavy (non-hydrogen) atoms. The van der Waals surface area contributed by atoms with Crippen LogP contribution in [0.5, 0.6) is 0 Å². The topological polar surface area (TPSA) is 72.7 Å². The molecule has 6 heteroatoms. The highest BCUT2D eigenvalue weighted by Gasteiger charge is 2.17. The Morgan fingerprint density at radius 1 is 1.11 bits per heavy atom. The number of rotatable bonds is 6. The highest BCUT2D eigenvalue weighted by Crippen LogP contribution is 2.26. The summed E-state index contributed by atoms with van der Waals surface area (Å²) >= 11 is 0. The smallest absolute Gasteiger partial charge is 0.220 e. The number of imidazole rings is 1. The predicted molar refractivity (Wildman–Crippen MR) is 105 cm³/mol. The molecule has 6 nitrogen and oxygen atoms in total. The van der Waals surface area contributed by atoms with Crippen LogP contribution in [0.2, 0.25) is 0 Å². The minimum atomic E-state index is 0.157. The van der Waals surface area contributed by atoms with Crippen LogP contribution < -0.4 is 5.32 Å². The summed E-state index contributed by atoms with van der Waals surface area (Å²) in [7, 11) is 0. The van der Waals surface area contributed by atoms with E-state index in [2.05, 4.69) is 19.9 Å². The number of pyridine rings is 2. The van der Waals surface area contributed by atoms with Crippen LogP contribution in [0.1, 0.15) is 38.5 Å². The van der Waals surface area contributed by atoms with E-state index in [1.165, 1.54) is 32.1 Å². The fourth-order valence-corrected chi connectivity index (χ4v) is 3.92. The molecular formula is C21H25N5O. The average Bonchev–Trinajstić information content (AvgIpc) is 3.08. The molecule has 1 N–H and O–H groups in total. The van der Waals surface area contributed by atoms with Crippen LogP contribution in [-0.2, 0) is 11.3 Å². The van der Waals surface area contributed by atoms with E-state index in [0.29, 0.717) is 25.4 Å². The van der Waals surface area contributed by atoms with Crippen molar-refractivity contribution in [2.75, 3.05) is 6.54 Å². The Morgan fingerprint density at radius 3 is 2.74 bits per heavy atom. The van der Waals surface area contributed by atoms with Gasteiger partial charge in [-0.25, -0.2) is 9.97 Å². The first kappa shape index (κ1) is 17.6. The van der Waals surface area contributed by atoms with Crippen molar-refractivity contribution in [2.45, 2.75) is 45.1 Å². The van der Waals surface area contributed by atoms with Gasteiger partial charge in [0.05, 0.1) is 0 Å². The van der Waals surface area contributed by atoms with Gasteiger partial charge < -0.3 is 9.88 Å². The third-order valence-electron chi connectivity index (χ3n) is 5.30. The summed E-state index contributed by atoms with van der Waals surface area (Å²) in [6, 6.07) is 7.74. The van der Waals surface area contributed by atoms with E-state index in [9.17, 15) is 4.79 Å². The summed E-state index contributed by atoms with van der Waals surface area (Å²) in [5.41, 5.74) is 2.69. The summed E-state index contributed by atoms with van der Waals surface area (Å²) in [5.74, 6) is 1.57. The summed E-state index contributed by atoms with van der Waals surface area (Å²) in [4.78, 5) is 25.6. The Labute approximate surface area is 159 Å². The van der Waals surface area contributed by atoms with Gasteiger partial charge in [-0.15, -0.1) is 0 Å². The molecule has 3 heterocycles. The molecule has 3 aromatic heterocycles. The summed E-state index contributed by atoms with van der Waals surface area (Å²) in [6.45, 7) is 1.22. The average molecular weight is 363 g/mol. The summed E-state index contributed by atoms with van der Waals surface area (Å²) < 4.78 is 2.07. The van der Waals surface area contributed by atoms with Crippen LogP contribution in [0.4, 0.5) is 0 Å². The van der Waals surface area contributed by atoms with Crippen molar-refractivity contribution in [3.63, 3.8) is 0 Å². The normalized spacial score (nSPS) is 15.1. The molecule has 1 aliphatic carbocycles. The number of carbonyl (C=O) groups is 1. The molecule has 0 spiro atoms. The highest BCUT2D eigenvalue weighted by atomic mass is 16.1. The van der Waals surface area contributed by atoms with Crippen molar-refractivity contribution >= 4 is 17.1 Å². The van der Waals surface area contributed by atoms with E-state index < -0.39 is 0 Å². The zero-order chi connectivity index (χ0) is 18.5. The Hall–Kier alpha value is -2.76. The van der Waals surface area contributed by atoms with Crippen LogP contribution in [0, 0.1) is 5.92 Å². The Balaban J connectivity index is 1.45. The highest BCUT2D eigenvalue weighted by molar-refractivity contribution is 5.77. The molecule has 1 saturated carbocycles. The Kier molecular flexibility index (Phi) is 5.42. The zero-order valence-corrected chi connectivity index (χ0v) is 15.5. The minimum absolute atomic E-state index is 0.157. The van der Waals surface area contributed by atoms with Gasteiger partial charge in [-0.1, -0.05) is 19.3 Å². The maximum Gasteiger partial charge on any atom is 0.220 e. The third-order valence-corrected chi connectivity index (χ3v) is 5.30. The Morgan fingerprint density at radius 2 is 1.93 bits per heavy atom. The van der Waals surface area contributed by atoms with Crippen molar-refractivity contribution in [3.05, 3.63) is 42.9 Å². The van der Waals surface area contributed by atoms with Crippen molar-refractivity contribution in [3.8, 4) is 11.4 Å². The molecule has 4 rings (SSSR count). The fraction of sp³-hybridized carbons (Fsp3) is 0.429. The summed E-state index contributed by atoms with van der Waals surface area (Å²) in [6.07, 6.45) is 12.2. The van der Waals surface area contributed by atoms with E-state index in [0.717, 1.165) is 22.6 Å². The standard InChI is InChI=1S/C21H25N5O/c27-19(15-16-5-2-1-3-6-16)23-13-14-26-20(17-8-11-22-12-9-17)25-18-7-4-10-24-21(18)26/h4,7-12,16H,1-3,5-6,13-15H2,(H,23,27). The second-order valence-electron chi connectivity index (χ2n) is 7.23. The van der Waals surface area contributed by atoms with Crippen LogP contribution in [0.3, 0.4) is 0 Å². The molecule has 0 saturated heterocycles. The van der Waals surface area contributed by atoms with Gasteiger partial charge in [-0.3, -0.25) is 9.78 Å². The van der Waals surface area contributed by atoms with Gasteiger partial charge >= 0.3 is 0 Å². The molecule has 0 aromatic carbocycles. The van der Waals surface area contributed by atoms with Crippen LogP contribution in [0.25, 0.3) is 22.6 Å². The first-order valence-corrected chi connectivity index (χ1v) is 9.79. The fourth-order valence-electron chi connectivity index (χ4n) is 3.92. The maximum absolute atomic E-state index is 12.3. The molecule has 0 radical (unpaired) electrons. The van der Waals surface area contributed by atoms with E-state index in [4.69, 9.17) is 4.98 Å². The Bertz CT molecular complexity index is 899. The van der Waals surface area contributed by atoms with E-state index in [1.54, 1.807) is 18.6 Å². The van der Waals surface area contributed by atoms with Crippen molar-refractivity contribution in [1.29, 1.82) is 0 Å². The van der Waals surface area contributed by atoms with Crippen molar-refractivity contribution in [2.24, 2.45) is 5.92 Å². The largest absolute Gasteiger partial charge is 0.354 e. The SMILES string of the molecule is O=C(CC1CCCCC1)NCCn1c(-c2ccncc2)nc2cccnc21. The van der Waals surface area contributed by atoms with Gasteiger partial charge in [0.1, 0.15) is 11.3 Å². The molecule has 1 fully saturated rings. The number of aromatic nitrogens is 4.